The van der Waals surface area contributed by atoms with Gasteiger partial charge in [0.05, 0.1) is 12.3 Å². The summed E-state index contributed by atoms with van der Waals surface area (Å²) in [6.45, 7) is 7.43. The number of hydrogen-bond donors (Lipinski definition) is 1. The second-order valence-corrected chi connectivity index (χ2v) is 6.70. The standard InChI is InChI=1S/C20H24ClN3O2/c1-3-26-19-7-5-4-6-18(19)23-10-12-24(13-11-23)20(25)22-17-14-16(21)9-8-15(17)2/h4-9,14H,3,10-13H2,1-2H3,(H,22,25). The maximum atomic E-state index is 12.6. The number of halogens is 1. The first kappa shape index (κ1) is 18.4. The van der Waals surface area contributed by atoms with Crippen molar-refractivity contribution in [3.63, 3.8) is 0 Å². The van der Waals surface area contributed by atoms with Crippen LogP contribution in [0.1, 0.15) is 12.5 Å². The Morgan fingerprint density at radius 1 is 1.15 bits per heavy atom. The van der Waals surface area contributed by atoms with E-state index in [9.17, 15) is 4.79 Å². The highest BCUT2D eigenvalue weighted by Crippen LogP contribution is 2.29. The van der Waals surface area contributed by atoms with E-state index in [0.717, 1.165) is 35.8 Å². The highest BCUT2D eigenvalue weighted by molar-refractivity contribution is 6.31. The number of carbonyl (C=O) groups excluding carboxylic acids is 1. The van der Waals surface area contributed by atoms with Gasteiger partial charge < -0.3 is 19.9 Å². The zero-order chi connectivity index (χ0) is 18.5. The molecule has 2 amide bonds. The molecule has 5 nitrogen and oxygen atoms in total. The fourth-order valence-electron chi connectivity index (χ4n) is 3.07. The summed E-state index contributed by atoms with van der Waals surface area (Å²) in [6.07, 6.45) is 0. The molecule has 0 unspecified atom stereocenters. The Morgan fingerprint density at radius 2 is 1.88 bits per heavy atom. The number of amides is 2. The Bertz CT molecular complexity index is 773. The van der Waals surface area contributed by atoms with Gasteiger partial charge in [-0.3, -0.25) is 0 Å². The normalized spacial score (nSPS) is 14.3. The summed E-state index contributed by atoms with van der Waals surface area (Å²) < 4.78 is 5.72. The predicted molar refractivity (Wildman–Crippen MR) is 107 cm³/mol. The molecular weight excluding hydrogens is 350 g/mol. The summed E-state index contributed by atoms with van der Waals surface area (Å²) in [5, 5.41) is 3.58. The Morgan fingerprint density at radius 3 is 2.62 bits per heavy atom. The van der Waals surface area contributed by atoms with E-state index < -0.39 is 0 Å². The maximum absolute atomic E-state index is 12.6. The molecule has 26 heavy (non-hydrogen) atoms. The average molecular weight is 374 g/mol. The van der Waals surface area contributed by atoms with E-state index in [1.54, 1.807) is 6.07 Å². The van der Waals surface area contributed by atoms with Crippen molar-refractivity contribution in [1.29, 1.82) is 0 Å². The van der Waals surface area contributed by atoms with Gasteiger partial charge in [-0.15, -0.1) is 0 Å². The quantitative estimate of drug-likeness (QED) is 0.863. The van der Waals surface area contributed by atoms with Crippen molar-refractivity contribution in [2.24, 2.45) is 0 Å². The molecule has 6 heteroatoms. The largest absolute Gasteiger partial charge is 0.492 e. The van der Waals surface area contributed by atoms with Crippen LogP contribution in [0.2, 0.25) is 5.02 Å². The molecule has 1 aliphatic heterocycles. The van der Waals surface area contributed by atoms with Gasteiger partial charge in [0.1, 0.15) is 5.75 Å². The SMILES string of the molecule is CCOc1ccccc1N1CCN(C(=O)Nc2cc(Cl)ccc2C)CC1. The number of rotatable bonds is 4. The molecule has 0 bridgehead atoms. The summed E-state index contributed by atoms with van der Waals surface area (Å²) in [6, 6.07) is 13.5. The Labute approximate surface area is 159 Å². The summed E-state index contributed by atoms with van der Waals surface area (Å²) in [7, 11) is 0. The second-order valence-electron chi connectivity index (χ2n) is 6.26. The summed E-state index contributed by atoms with van der Waals surface area (Å²) in [5.74, 6) is 0.891. The van der Waals surface area contributed by atoms with E-state index in [0.29, 0.717) is 24.7 Å². The van der Waals surface area contributed by atoms with Gasteiger partial charge in [-0.2, -0.15) is 0 Å². The molecule has 0 aromatic heterocycles. The van der Waals surface area contributed by atoms with E-state index >= 15 is 0 Å². The van der Waals surface area contributed by atoms with Gasteiger partial charge in [0.2, 0.25) is 0 Å². The number of anilines is 2. The minimum absolute atomic E-state index is 0.0897. The molecule has 0 spiro atoms. The van der Waals surface area contributed by atoms with Crippen LogP contribution in [0, 0.1) is 6.92 Å². The number of benzene rings is 2. The van der Waals surface area contributed by atoms with E-state index in [2.05, 4.69) is 16.3 Å². The number of ether oxygens (including phenoxy) is 1. The van der Waals surface area contributed by atoms with Crippen LogP contribution in [-0.4, -0.2) is 43.7 Å². The van der Waals surface area contributed by atoms with Crippen molar-refractivity contribution in [2.45, 2.75) is 13.8 Å². The smallest absolute Gasteiger partial charge is 0.321 e. The van der Waals surface area contributed by atoms with Crippen molar-refractivity contribution in [3.05, 3.63) is 53.1 Å². The predicted octanol–water partition coefficient (Wildman–Crippen LogP) is 4.40. The van der Waals surface area contributed by atoms with Crippen LogP contribution in [0.25, 0.3) is 0 Å². The lowest BCUT2D eigenvalue weighted by molar-refractivity contribution is 0.208. The van der Waals surface area contributed by atoms with E-state index in [-0.39, 0.29) is 6.03 Å². The number of urea groups is 1. The summed E-state index contributed by atoms with van der Waals surface area (Å²) in [5.41, 5.74) is 2.83. The van der Waals surface area contributed by atoms with Gasteiger partial charge >= 0.3 is 6.03 Å². The van der Waals surface area contributed by atoms with E-state index in [1.807, 2.05) is 49.1 Å². The van der Waals surface area contributed by atoms with Crippen molar-refractivity contribution in [3.8, 4) is 5.75 Å². The lowest BCUT2D eigenvalue weighted by Gasteiger charge is -2.36. The molecule has 138 valence electrons. The number of hydrogen-bond acceptors (Lipinski definition) is 3. The highest BCUT2D eigenvalue weighted by atomic mass is 35.5. The minimum atomic E-state index is -0.0897. The first-order valence-electron chi connectivity index (χ1n) is 8.87. The number of piperazine rings is 1. The van der Waals surface area contributed by atoms with Crippen LogP contribution in [0.5, 0.6) is 5.75 Å². The number of para-hydroxylation sites is 2. The number of nitrogens with zero attached hydrogens (tertiary/aromatic N) is 2. The lowest BCUT2D eigenvalue weighted by Crippen LogP contribution is -2.50. The van der Waals surface area contributed by atoms with Crippen molar-refractivity contribution in [2.75, 3.05) is 43.0 Å². The number of nitrogens with one attached hydrogen (secondary N) is 1. The molecule has 0 aliphatic carbocycles. The third-order valence-corrected chi connectivity index (χ3v) is 4.75. The molecule has 0 atom stereocenters. The zero-order valence-corrected chi connectivity index (χ0v) is 15.9. The van der Waals surface area contributed by atoms with Crippen LogP contribution < -0.4 is 15.0 Å². The second kappa shape index (κ2) is 8.32. The van der Waals surface area contributed by atoms with Crippen LogP contribution in [-0.2, 0) is 0 Å². The molecule has 0 saturated carbocycles. The van der Waals surface area contributed by atoms with Crippen molar-refractivity contribution in [1.82, 2.24) is 4.90 Å². The molecule has 1 fully saturated rings. The molecule has 1 N–H and O–H groups in total. The maximum Gasteiger partial charge on any atom is 0.321 e. The minimum Gasteiger partial charge on any atom is -0.492 e. The molecule has 1 saturated heterocycles. The first-order chi connectivity index (χ1) is 12.6. The molecule has 1 aliphatic rings. The molecule has 2 aromatic rings. The zero-order valence-electron chi connectivity index (χ0n) is 15.2. The monoisotopic (exact) mass is 373 g/mol. The molecule has 0 radical (unpaired) electrons. The highest BCUT2D eigenvalue weighted by Gasteiger charge is 2.23. The van der Waals surface area contributed by atoms with Gasteiger partial charge in [0.15, 0.2) is 0 Å². The van der Waals surface area contributed by atoms with Crippen LogP contribution in [0.4, 0.5) is 16.2 Å². The number of aryl methyl sites for hydroxylation is 1. The number of carbonyl (C=O) groups is 1. The fourth-order valence-corrected chi connectivity index (χ4v) is 3.24. The Kier molecular flexibility index (Phi) is 5.89. The molecule has 2 aromatic carbocycles. The topological polar surface area (TPSA) is 44.8 Å². The van der Waals surface area contributed by atoms with E-state index in [1.165, 1.54) is 0 Å². The molecular formula is C20H24ClN3O2. The molecule has 3 rings (SSSR count). The van der Waals surface area contributed by atoms with Crippen LogP contribution in [0.3, 0.4) is 0 Å². The van der Waals surface area contributed by atoms with Gasteiger partial charge in [-0.25, -0.2) is 4.79 Å². The van der Waals surface area contributed by atoms with Crippen LogP contribution >= 0.6 is 11.6 Å². The fraction of sp³-hybridized carbons (Fsp3) is 0.350. The van der Waals surface area contributed by atoms with Gasteiger partial charge in [0, 0.05) is 36.9 Å². The van der Waals surface area contributed by atoms with Gasteiger partial charge in [-0.1, -0.05) is 29.8 Å². The summed E-state index contributed by atoms with van der Waals surface area (Å²) >= 11 is 6.03. The third-order valence-electron chi connectivity index (χ3n) is 4.51. The van der Waals surface area contributed by atoms with Gasteiger partial charge in [-0.05, 0) is 43.7 Å². The lowest BCUT2D eigenvalue weighted by atomic mass is 10.2. The van der Waals surface area contributed by atoms with Crippen molar-refractivity contribution >= 4 is 29.0 Å². The Balaban J connectivity index is 1.61. The third kappa shape index (κ3) is 4.22. The van der Waals surface area contributed by atoms with Crippen molar-refractivity contribution < 1.29 is 9.53 Å². The average Bonchev–Trinajstić information content (AvgIpc) is 2.65. The van der Waals surface area contributed by atoms with Crippen LogP contribution in [0.15, 0.2) is 42.5 Å². The summed E-state index contributed by atoms with van der Waals surface area (Å²) in [4.78, 5) is 16.7. The Hall–Kier alpha value is -2.40. The molecule has 1 heterocycles. The first-order valence-corrected chi connectivity index (χ1v) is 9.25. The van der Waals surface area contributed by atoms with E-state index in [4.69, 9.17) is 16.3 Å². The van der Waals surface area contributed by atoms with Gasteiger partial charge in [0.25, 0.3) is 0 Å².